The van der Waals surface area contributed by atoms with Crippen LogP contribution in [-0.2, 0) is 46.6 Å². The molecule has 0 N–H and O–H groups in total. The van der Waals surface area contributed by atoms with Crippen molar-refractivity contribution in [3.05, 3.63) is 206 Å². The zero-order valence-corrected chi connectivity index (χ0v) is 38.2. The van der Waals surface area contributed by atoms with Crippen LogP contribution in [0.2, 0.25) is 0 Å². The number of aryl methyl sites for hydroxylation is 5. The molecule has 7 heteroatoms. The summed E-state index contributed by atoms with van der Waals surface area (Å²) in [4.78, 5) is 4.53. The van der Waals surface area contributed by atoms with Crippen molar-refractivity contribution in [3.8, 4) is 39.8 Å². The number of imidazole rings is 2. The predicted octanol–water partition coefficient (Wildman–Crippen LogP) is 11.9. The molecular weight excluding hydrogens is 1070 g/mol. The van der Waals surface area contributed by atoms with Crippen LogP contribution in [0.5, 0.6) is 0 Å². The van der Waals surface area contributed by atoms with Gasteiger partial charge in [0.2, 0.25) is 0 Å². The molecular formula is C51H47Ir2N5-2. The summed E-state index contributed by atoms with van der Waals surface area (Å²) in [5.74, 6) is 2.01. The van der Waals surface area contributed by atoms with E-state index in [9.17, 15) is 0 Å². The molecule has 0 atom stereocenters. The molecule has 0 amide bonds. The van der Waals surface area contributed by atoms with E-state index >= 15 is 0 Å². The molecule has 0 aliphatic rings. The zero-order valence-electron chi connectivity index (χ0n) is 33.4. The van der Waals surface area contributed by atoms with E-state index in [-0.39, 0.29) is 40.2 Å². The fourth-order valence-electron chi connectivity index (χ4n) is 8.22. The summed E-state index contributed by atoms with van der Waals surface area (Å²) in [5.41, 5.74) is 15.5. The van der Waals surface area contributed by atoms with Gasteiger partial charge in [-0.15, -0.1) is 12.1 Å². The molecule has 58 heavy (non-hydrogen) atoms. The van der Waals surface area contributed by atoms with Gasteiger partial charge >= 0.3 is 0 Å². The van der Waals surface area contributed by atoms with Crippen LogP contribution in [0, 0.1) is 48.6 Å². The molecule has 5 nitrogen and oxygen atoms in total. The van der Waals surface area contributed by atoms with Crippen molar-refractivity contribution in [1.29, 1.82) is 0 Å². The number of fused-ring (bicyclic) bond motifs is 3. The summed E-state index contributed by atoms with van der Waals surface area (Å²) in [6.07, 6.45) is 9.72. The van der Waals surface area contributed by atoms with Gasteiger partial charge in [0.15, 0.2) is 5.82 Å². The van der Waals surface area contributed by atoms with E-state index in [0.29, 0.717) is 0 Å². The van der Waals surface area contributed by atoms with Crippen LogP contribution < -0.4 is 4.57 Å². The summed E-state index contributed by atoms with van der Waals surface area (Å²) in [5, 5.41) is 2.55. The average Bonchev–Trinajstić information content (AvgIpc) is 3.91. The smallest absolute Gasteiger partial charge is 0.190 e. The maximum Gasteiger partial charge on any atom is 0.190 e. The Kier molecular flexibility index (Phi) is 13.1. The third kappa shape index (κ3) is 7.76. The van der Waals surface area contributed by atoms with E-state index in [0.717, 1.165) is 35.6 Å². The van der Waals surface area contributed by atoms with Crippen LogP contribution in [0.25, 0.3) is 61.6 Å². The molecule has 0 spiro atoms. The maximum absolute atomic E-state index is 4.53. The largest absolute Gasteiger partial charge is 0.367 e. The van der Waals surface area contributed by atoms with Crippen LogP contribution in [0.3, 0.4) is 0 Å². The number of aromatic nitrogens is 5. The van der Waals surface area contributed by atoms with Crippen molar-refractivity contribution in [2.24, 2.45) is 0 Å². The SMILES string of the molecule is [CH2-]CCc1cc(-n2c3ccccc3c3ccccc32)ccc1-c1n(-c2c(C)cccc2C)cc[n+]1[CH2-].[CH2-]c1ccccc1-c1nccn1-c1c(C)cccc1C.[Ir].[Ir]. The molecule has 6 aromatic carbocycles. The second-order valence-electron chi connectivity index (χ2n) is 14.5. The van der Waals surface area contributed by atoms with Crippen molar-refractivity contribution in [1.82, 2.24) is 18.7 Å². The summed E-state index contributed by atoms with van der Waals surface area (Å²) in [6, 6.07) is 45.0. The van der Waals surface area contributed by atoms with E-state index in [2.05, 4.69) is 183 Å². The van der Waals surface area contributed by atoms with Gasteiger partial charge < -0.3 is 20.6 Å². The van der Waals surface area contributed by atoms with Gasteiger partial charge in [0.05, 0.1) is 28.7 Å². The Balaban J connectivity index is 0.000000220. The molecule has 0 bridgehead atoms. The second-order valence-corrected chi connectivity index (χ2v) is 14.5. The summed E-state index contributed by atoms with van der Waals surface area (Å²) in [7, 11) is 4.33. The molecule has 0 unspecified atom stereocenters. The molecule has 0 aliphatic carbocycles. The normalized spacial score (nSPS) is 10.8. The predicted molar refractivity (Wildman–Crippen MR) is 233 cm³/mol. The molecule has 9 aromatic rings. The van der Waals surface area contributed by atoms with Gasteiger partial charge in [0.25, 0.3) is 0 Å². The molecule has 0 fully saturated rings. The van der Waals surface area contributed by atoms with Gasteiger partial charge in [-0.3, -0.25) is 4.57 Å². The Bertz CT molecular complexity index is 2760. The van der Waals surface area contributed by atoms with Gasteiger partial charge in [-0.2, -0.15) is 25.0 Å². The Morgan fingerprint density at radius 3 is 1.74 bits per heavy atom. The first-order valence-corrected chi connectivity index (χ1v) is 19.2. The Labute approximate surface area is 369 Å². The van der Waals surface area contributed by atoms with Crippen molar-refractivity contribution in [2.75, 3.05) is 0 Å². The van der Waals surface area contributed by atoms with Crippen LogP contribution >= 0.6 is 0 Å². The minimum absolute atomic E-state index is 0. The van der Waals surface area contributed by atoms with E-state index in [4.69, 9.17) is 0 Å². The topological polar surface area (TPSA) is 31.6 Å². The fourth-order valence-corrected chi connectivity index (χ4v) is 8.22. The fraction of sp³-hybridized carbons (Fsp3) is 0.118. The van der Waals surface area contributed by atoms with Gasteiger partial charge in [-0.05, 0) is 86.8 Å². The number of rotatable bonds is 7. The standard InChI is InChI=1S/C33H30N3.C18H17N2.2Ir/c1-5-11-25-22-26(36-30-16-8-6-14-28(30)29-15-7-9-17-31(29)36)18-19-27(25)33-34(4)20-21-35(33)32-23(2)12-10-13-24(32)3;1-13-7-4-5-10-16(13)18-19-11-12-20(18)17-14(2)8-6-9-15(17)3;;/h6-10,12-22H,1,4-5,11H2,2-3H3;4-12H,1H2,2-3H3;;/q2*-1;;. The van der Waals surface area contributed by atoms with Crippen LogP contribution in [0.15, 0.2) is 152 Å². The Hall–Kier alpha value is -5.42. The maximum atomic E-state index is 4.53. The number of nitrogens with zero attached hydrogens (tertiary/aromatic N) is 5. The van der Waals surface area contributed by atoms with Crippen LogP contribution in [-0.4, -0.2) is 18.7 Å². The first kappa shape index (κ1) is 42.2. The van der Waals surface area contributed by atoms with Gasteiger partial charge in [-0.1, -0.05) is 96.9 Å². The number of benzene rings is 6. The van der Waals surface area contributed by atoms with Gasteiger partial charge in [0, 0.05) is 80.8 Å². The Morgan fingerprint density at radius 2 is 1.16 bits per heavy atom. The molecule has 0 aliphatic heterocycles. The van der Waals surface area contributed by atoms with Crippen molar-refractivity contribution < 1.29 is 44.8 Å². The van der Waals surface area contributed by atoms with Crippen molar-refractivity contribution >= 4 is 21.8 Å². The summed E-state index contributed by atoms with van der Waals surface area (Å²) in [6.45, 7) is 16.9. The van der Waals surface area contributed by atoms with Crippen molar-refractivity contribution in [3.63, 3.8) is 0 Å². The molecule has 2 radical (unpaired) electrons. The van der Waals surface area contributed by atoms with E-state index < -0.39 is 0 Å². The molecule has 9 rings (SSSR count). The first-order chi connectivity index (χ1) is 27.3. The van der Waals surface area contributed by atoms with E-state index in [1.54, 1.807) is 0 Å². The number of hydrogen-bond acceptors (Lipinski definition) is 1. The molecule has 0 saturated carbocycles. The van der Waals surface area contributed by atoms with Crippen LogP contribution in [0.1, 0.15) is 39.8 Å². The molecule has 296 valence electrons. The number of para-hydroxylation sites is 4. The third-order valence-electron chi connectivity index (χ3n) is 10.8. The summed E-state index contributed by atoms with van der Waals surface area (Å²) < 4.78 is 8.78. The number of hydrogen-bond donors (Lipinski definition) is 0. The van der Waals surface area contributed by atoms with Gasteiger partial charge in [-0.25, -0.2) is 4.98 Å². The van der Waals surface area contributed by atoms with E-state index in [1.165, 1.54) is 72.2 Å². The first-order valence-electron chi connectivity index (χ1n) is 19.2. The quantitative estimate of drug-likeness (QED) is 0.116. The van der Waals surface area contributed by atoms with Crippen molar-refractivity contribution in [2.45, 2.75) is 40.5 Å². The molecule has 3 aromatic heterocycles. The monoisotopic (exact) mass is 1120 g/mol. The van der Waals surface area contributed by atoms with E-state index in [1.807, 2.05) is 41.4 Å². The third-order valence-corrected chi connectivity index (χ3v) is 10.8. The Morgan fingerprint density at radius 1 is 0.603 bits per heavy atom. The second kappa shape index (κ2) is 18.0. The minimum Gasteiger partial charge on any atom is -0.367 e. The average molecular weight is 1110 g/mol. The minimum atomic E-state index is 0. The summed E-state index contributed by atoms with van der Waals surface area (Å²) >= 11 is 0. The van der Waals surface area contributed by atoms with Crippen LogP contribution in [0.4, 0.5) is 0 Å². The molecule has 3 heterocycles. The van der Waals surface area contributed by atoms with Gasteiger partial charge in [0.1, 0.15) is 5.69 Å². The zero-order chi connectivity index (χ0) is 38.9. The molecule has 0 saturated heterocycles.